The lowest BCUT2D eigenvalue weighted by Gasteiger charge is -2.22. The fraction of sp³-hybridized carbons (Fsp3) is 0.571. The third-order valence-electron chi connectivity index (χ3n) is 2.81. The van der Waals surface area contributed by atoms with Crippen molar-refractivity contribution in [3.63, 3.8) is 0 Å². The van der Waals surface area contributed by atoms with Crippen molar-refractivity contribution in [3.05, 3.63) is 28.2 Å². The molecule has 0 bridgehead atoms. The normalized spacial score (nSPS) is 13.3. The number of alkyl halides is 3. The molecule has 2 nitrogen and oxygen atoms in total. The van der Waals surface area contributed by atoms with Crippen LogP contribution in [0.2, 0.25) is 0 Å². The first-order chi connectivity index (χ1) is 9.37. The summed E-state index contributed by atoms with van der Waals surface area (Å²) in [5, 5.41) is 3.10. The summed E-state index contributed by atoms with van der Waals surface area (Å²) in [7, 11) is 0. The Hall–Kier alpha value is -0.750. The predicted octanol–water partition coefficient (Wildman–Crippen LogP) is 4.84. The predicted molar refractivity (Wildman–Crippen MR) is 77.0 cm³/mol. The maximum absolute atomic E-state index is 12.4. The Bertz CT molecular complexity index is 423. The Morgan fingerprint density at radius 3 is 2.55 bits per heavy atom. The average Bonchev–Trinajstić information content (AvgIpc) is 2.36. The Labute approximate surface area is 125 Å². The molecule has 1 aromatic rings. The number of hydrogen-bond donors (Lipinski definition) is 1. The summed E-state index contributed by atoms with van der Waals surface area (Å²) in [6.45, 7) is 4.80. The molecule has 0 aromatic heterocycles. The van der Waals surface area contributed by atoms with Gasteiger partial charge in [0.25, 0.3) is 0 Å². The number of halogens is 4. The monoisotopic (exact) mass is 353 g/mol. The van der Waals surface area contributed by atoms with Gasteiger partial charge in [-0.25, -0.2) is 0 Å². The first-order valence-electron chi connectivity index (χ1n) is 6.59. The molecule has 0 aliphatic rings. The quantitative estimate of drug-likeness (QED) is 0.757. The van der Waals surface area contributed by atoms with Gasteiger partial charge in [-0.15, -0.1) is 0 Å². The van der Waals surface area contributed by atoms with E-state index in [1.54, 1.807) is 6.07 Å². The summed E-state index contributed by atoms with van der Waals surface area (Å²) in [5.74, 6) is 0.629. The summed E-state index contributed by atoms with van der Waals surface area (Å²) in [6.07, 6.45) is -4.97. The van der Waals surface area contributed by atoms with E-state index in [0.29, 0.717) is 18.9 Å². The zero-order valence-corrected chi connectivity index (χ0v) is 13.1. The van der Waals surface area contributed by atoms with E-state index < -0.39 is 12.6 Å². The number of nitrogens with one attached hydrogen (secondary N) is 1. The van der Waals surface area contributed by atoms with E-state index in [1.165, 1.54) is 0 Å². The molecule has 1 aromatic carbocycles. The molecule has 0 fully saturated rings. The van der Waals surface area contributed by atoms with Crippen LogP contribution in [0.15, 0.2) is 22.7 Å². The van der Waals surface area contributed by atoms with Crippen molar-refractivity contribution < 1.29 is 17.9 Å². The lowest BCUT2D eigenvalue weighted by Crippen LogP contribution is -2.23. The minimum atomic E-state index is -4.15. The van der Waals surface area contributed by atoms with Gasteiger partial charge in [0.15, 0.2) is 0 Å². The SMILES string of the molecule is CCNC(CCC(F)(F)F)c1cc(Br)ccc1OCC. The molecule has 0 saturated carbocycles. The third kappa shape index (κ3) is 5.71. The largest absolute Gasteiger partial charge is 0.494 e. The van der Waals surface area contributed by atoms with Crippen LogP contribution < -0.4 is 10.1 Å². The van der Waals surface area contributed by atoms with Crippen LogP contribution in [0.25, 0.3) is 0 Å². The van der Waals surface area contributed by atoms with Gasteiger partial charge < -0.3 is 10.1 Å². The van der Waals surface area contributed by atoms with E-state index in [1.807, 2.05) is 26.0 Å². The fourth-order valence-electron chi connectivity index (χ4n) is 2.00. The molecule has 0 radical (unpaired) electrons. The van der Waals surface area contributed by atoms with Crippen molar-refractivity contribution in [3.8, 4) is 5.75 Å². The lowest BCUT2D eigenvalue weighted by atomic mass is 10.0. The molecule has 1 rings (SSSR count). The van der Waals surface area contributed by atoms with Crippen LogP contribution in [-0.4, -0.2) is 19.3 Å². The first kappa shape index (κ1) is 17.3. The summed E-state index contributed by atoms with van der Waals surface area (Å²) in [5.41, 5.74) is 0.757. The average molecular weight is 354 g/mol. The van der Waals surface area contributed by atoms with Crippen molar-refractivity contribution in [2.75, 3.05) is 13.2 Å². The minimum Gasteiger partial charge on any atom is -0.494 e. The van der Waals surface area contributed by atoms with Crippen molar-refractivity contribution in [2.45, 2.75) is 38.9 Å². The van der Waals surface area contributed by atoms with Gasteiger partial charge in [0.2, 0.25) is 0 Å². The summed E-state index contributed by atoms with van der Waals surface area (Å²) in [6, 6.07) is 5.04. The smallest absolute Gasteiger partial charge is 0.389 e. The minimum absolute atomic E-state index is 0.00608. The van der Waals surface area contributed by atoms with Crippen molar-refractivity contribution in [2.24, 2.45) is 0 Å². The second kappa shape index (κ2) is 7.88. The zero-order chi connectivity index (χ0) is 15.2. The van der Waals surface area contributed by atoms with E-state index in [9.17, 15) is 13.2 Å². The Morgan fingerprint density at radius 1 is 1.30 bits per heavy atom. The number of hydrogen-bond acceptors (Lipinski definition) is 2. The Morgan fingerprint density at radius 2 is 2.00 bits per heavy atom. The fourth-order valence-corrected chi connectivity index (χ4v) is 2.38. The van der Waals surface area contributed by atoms with Gasteiger partial charge in [-0.05, 0) is 38.1 Å². The van der Waals surface area contributed by atoms with Gasteiger partial charge in [0.05, 0.1) is 6.61 Å². The second-order valence-electron chi connectivity index (χ2n) is 4.38. The van der Waals surface area contributed by atoms with Crippen LogP contribution in [0.3, 0.4) is 0 Å². The molecule has 0 saturated heterocycles. The van der Waals surface area contributed by atoms with Gasteiger partial charge in [-0.2, -0.15) is 13.2 Å². The second-order valence-corrected chi connectivity index (χ2v) is 5.29. The van der Waals surface area contributed by atoms with Crippen molar-refractivity contribution in [1.29, 1.82) is 0 Å². The van der Waals surface area contributed by atoms with Crippen molar-refractivity contribution in [1.82, 2.24) is 5.32 Å². The maximum atomic E-state index is 12.4. The topological polar surface area (TPSA) is 21.3 Å². The molecular weight excluding hydrogens is 335 g/mol. The van der Waals surface area contributed by atoms with Crippen LogP contribution in [0.1, 0.15) is 38.3 Å². The zero-order valence-electron chi connectivity index (χ0n) is 11.6. The van der Waals surface area contributed by atoms with E-state index in [0.717, 1.165) is 10.0 Å². The highest BCUT2D eigenvalue weighted by Crippen LogP contribution is 2.34. The van der Waals surface area contributed by atoms with E-state index in [-0.39, 0.29) is 12.5 Å². The standard InChI is InChI=1S/C14H19BrF3NO/c1-3-19-12(7-8-14(16,17)18)11-9-10(15)5-6-13(11)20-4-2/h5-6,9,12,19H,3-4,7-8H2,1-2H3. The molecule has 1 atom stereocenters. The highest BCUT2D eigenvalue weighted by molar-refractivity contribution is 9.10. The van der Waals surface area contributed by atoms with Crippen LogP contribution in [-0.2, 0) is 0 Å². The molecule has 20 heavy (non-hydrogen) atoms. The van der Waals surface area contributed by atoms with E-state index in [4.69, 9.17) is 4.74 Å². The molecule has 0 heterocycles. The van der Waals surface area contributed by atoms with Gasteiger partial charge in [-0.3, -0.25) is 0 Å². The molecule has 0 aliphatic heterocycles. The Kier molecular flexibility index (Phi) is 6.82. The molecule has 114 valence electrons. The van der Waals surface area contributed by atoms with Gasteiger partial charge in [0.1, 0.15) is 5.75 Å². The van der Waals surface area contributed by atoms with Crippen LogP contribution in [0.5, 0.6) is 5.75 Å². The molecular formula is C14H19BrF3NO. The Balaban J connectivity index is 2.97. The van der Waals surface area contributed by atoms with Gasteiger partial charge in [0, 0.05) is 22.5 Å². The molecule has 0 spiro atoms. The third-order valence-corrected chi connectivity index (χ3v) is 3.31. The molecule has 1 unspecified atom stereocenters. The first-order valence-corrected chi connectivity index (χ1v) is 7.39. The summed E-state index contributed by atoms with van der Waals surface area (Å²) in [4.78, 5) is 0. The van der Waals surface area contributed by atoms with E-state index >= 15 is 0 Å². The number of ether oxygens (including phenoxy) is 1. The van der Waals surface area contributed by atoms with Crippen LogP contribution in [0.4, 0.5) is 13.2 Å². The van der Waals surface area contributed by atoms with Crippen molar-refractivity contribution >= 4 is 15.9 Å². The van der Waals surface area contributed by atoms with E-state index in [2.05, 4.69) is 21.2 Å². The van der Waals surface area contributed by atoms with Crippen LogP contribution >= 0.6 is 15.9 Å². The maximum Gasteiger partial charge on any atom is 0.389 e. The molecule has 6 heteroatoms. The summed E-state index contributed by atoms with van der Waals surface area (Å²) >= 11 is 3.35. The summed E-state index contributed by atoms with van der Waals surface area (Å²) < 4.78 is 43.6. The van der Waals surface area contributed by atoms with Gasteiger partial charge in [-0.1, -0.05) is 22.9 Å². The molecule has 1 N–H and O–H groups in total. The highest BCUT2D eigenvalue weighted by Gasteiger charge is 2.29. The molecule has 0 amide bonds. The highest BCUT2D eigenvalue weighted by atomic mass is 79.9. The molecule has 0 aliphatic carbocycles. The number of rotatable bonds is 7. The van der Waals surface area contributed by atoms with Crippen LogP contribution in [0, 0.1) is 0 Å². The number of benzene rings is 1. The lowest BCUT2D eigenvalue weighted by molar-refractivity contribution is -0.136. The van der Waals surface area contributed by atoms with Gasteiger partial charge >= 0.3 is 6.18 Å².